The summed E-state index contributed by atoms with van der Waals surface area (Å²) in [4.78, 5) is 5.26. The summed E-state index contributed by atoms with van der Waals surface area (Å²) in [5.41, 5.74) is 7.14. The number of hydrogen-bond donors (Lipinski definition) is 0. The fourth-order valence-electron chi connectivity index (χ4n) is 4.89. The monoisotopic (exact) mass is 492 g/mol. The number of piperazine rings is 1. The van der Waals surface area contributed by atoms with Crippen LogP contribution in [0.1, 0.15) is 79.2 Å². The maximum Gasteiger partial charge on any atom is 0.231 e. The van der Waals surface area contributed by atoms with Gasteiger partial charge in [0.15, 0.2) is 11.5 Å². The highest BCUT2D eigenvalue weighted by Gasteiger charge is 2.23. The zero-order valence-corrected chi connectivity index (χ0v) is 23.6. The van der Waals surface area contributed by atoms with E-state index in [1.165, 1.54) is 27.9 Å². The normalized spacial score (nSPS) is 17.7. The number of rotatable bonds is 12. The smallest absolute Gasteiger partial charge is 0.231 e. The number of allylic oxidation sites excluding steroid dienone is 6. The quantitative estimate of drug-likeness (QED) is 0.279. The maximum atomic E-state index is 5.57. The molecule has 0 N–H and O–H groups in total. The Kier molecular flexibility index (Phi) is 11.3. The summed E-state index contributed by atoms with van der Waals surface area (Å²) < 4.78 is 11.0. The molecule has 3 rings (SSSR count). The van der Waals surface area contributed by atoms with Gasteiger partial charge in [0.2, 0.25) is 6.79 Å². The van der Waals surface area contributed by atoms with Gasteiger partial charge in [0.05, 0.1) is 0 Å². The van der Waals surface area contributed by atoms with Crippen molar-refractivity contribution < 1.29 is 9.47 Å². The van der Waals surface area contributed by atoms with E-state index in [9.17, 15) is 0 Å². The van der Waals surface area contributed by atoms with E-state index in [-0.39, 0.29) is 0 Å². The summed E-state index contributed by atoms with van der Waals surface area (Å²) in [5, 5.41) is 0. The minimum Gasteiger partial charge on any atom is -0.454 e. The van der Waals surface area contributed by atoms with Crippen LogP contribution in [0.2, 0.25) is 0 Å². The number of hydrogen-bond acceptors (Lipinski definition) is 4. The minimum absolute atomic E-state index is 0.336. The molecule has 2 aliphatic heterocycles. The average molecular weight is 493 g/mol. The summed E-state index contributed by atoms with van der Waals surface area (Å²) in [7, 11) is 0. The number of benzene rings is 1. The second kappa shape index (κ2) is 14.4. The van der Waals surface area contributed by atoms with Gasteiger partial charge in [-0.15, -0.1) is 0 Å². The molecule has 1 aromatic rings. The third kappa shape index (κ3) is 9.63. The molecule has 0 aromatic heterocycles. The minimum atomic E-state index is 0.336. The molecule has 198 valence electrons. The molecule has 0 radical (unpaired) electrons. The molecule has 1 saturated heterocycles. The fraction of sp³-hybridized carbons (Fsp3) is 0.562. The predicted molar refractivity (Wildman–Crippen MR) is 153 cm³/mol. The Morgan fingerprint density at radius 2 is 1.44 bits per heavy atom. The van der Waals surface area contributed by atoms with Gasteiger partial charge in [0, 0.05) is 38.8 Å². The van der Waals surface area contributed by atoms with Crippen LogP contribution in [0.5, 0.6) is 11.5 Å². The highest BCUT2D eigenvalue weighted by atomic mass is 16.7. The highest BCUT2D eigenvalue weighted by molar-refractivity contribution is 5.44. The molecule has 2 heterocycles. The highest BCUT2D eigenvalue weighted by Crippen LogP contribution is 2.33. The van der Waals surface area contributed by atoms with E-state index in [1.807, 2.05) is 6.07 Å². The Hall–Kier alpha value is -2.30. The number of ether oxygens (including phenoxy) is 2. The van der Waals surface area contributed by atoms with Gasteiger partial charge in [-0.05, 0) is 91.3 Å². The van der Waals surface area contributed by atoms with Crippen LogP contribution in [0, 0.1) is 0 Å². The van der Waals surface area contributed by atoms with Crippen molar-refractivity contribution in [2.24, 2.45) is 0 Å². The van der Waals surface area contributed by atoms with E-state index in [1.54, 1.807) is 0 Å². The van der Waals surface area contributed by atoms with Gasteiger partial charge >= 0.3 is 0 Å². The van der Waals surface area contributed by atoms with E-state index in [0.717, 1.165) is 76.3 Å². The first kappa shape index (κ1) is 28.3. The summed E-state index contributed by atoms with van der Waals surface area (Å²) in [6.07, 6.45) is 15.4. The lowest BCUT2D eigenvalue weighted by Gasteiger charge is -2.38. The van der Waals surface area contributed by atoms with Crippen LogP contribution in [0.25, 0.3) is 0 Å². The molecule has 4 heteroatoms. The van der Waals surface area contributed by atoms with E-state index >= 15 is 0 Å². The van der Waals surface area contributed by atoms with E-state index in [0.29, 0.717) is 12.8 Å². The molecular weight excluding hydrogens is 444 g/mol. The molecule has 0 spiro atoms. The average Bonchev–Trinajstić information content (AvgIpc) is 3.30. The van der Waals surface area contributed by atoms with Crippen molar-refractivity contribution in [2.75, 3.05) is 33.0 Å². The molecule has 1 fully saturated rings. The zero-order valence-electron chi connectivity index (χ0n) is 23.6. The van der Waals surface area contributed by atoms with E-state index in [2.05, 4.69) is 87.8 Å². The van der Waals surface area contributed by atoms with E-state index in [4.69, 9.17) is 9.47 Å². The molecule has 36 heavy (non-hydrogen) atoms. The lowest BCUT2D eigenvalue weighted by atomic mass is 10.0. The van der Waals surface area contributed by atoms with Gasteiger partial charge in [-0.2, -0.15) is 0 Å². The maximum absolute atomic E-state index is 5.57. The molecular formula is C32H48N2O2. The first-order valence-electron chi connectivity index (χ1n) is 13.7. The molecule has 1 unspecified atom stereocenters. The van der Waals surface area contributed by atoms with E-state index < -0.39 is 0 Å². The van der Waals surface area contributed by atoms with Gasteiger partial charge in [0.25, 0.3) is 0 Å². The third-order valence-corrected chi connectivity index (χ3v) is 7.09. The van der Waals surface area contributed by atoms with Crippen LogP contribution in [0.4, 0.5) is 0 Å². The predicted octanol–water partition coefficient (Wildman–Crippen LogP) is 7.68. The Bertz CT molecular complexity index is 956. The lowest BCUT2D eigenvalue weighted by molar-refractivity contribution is 0.107. The molecule has 2 aliphatic rings. The van der Waals surface area contributed by atoms with Crippen LogP contribution < -0.4 is 9.47 Å². The summed E-state index contributed by atoms with van der Waals surface area (Å²) in [6.45, 7) is 19.1. The Morgan fingerprint density at radius 1 is 0.806 bits per heavy atom. The summed E-state index contributed by atoms with van der Waals surface area (Å²) >= 11 is 0. The molecule has 0 aliphatic carbocycles. The van der Waals surface area contributed by atoms with Crippen molar-refractivity contribution in [2.45, 2.75) is 86.2 Å². The van der Waals surface area contributed by atoms with Crippen molar-refractivity contribution in [3.8, 4) is 11.5 Å². The molecule has 0 saturated carbocycles. The van der Waals surface area contributed by atoms with Crippen LogP contribution >= 0.6 is 0 Å². The summed E-state index contributed by atoms with van der Waals surface area (Å²) in [6, 6.07) is 6.82. The number of nitrogens with zero attached hydrogens (tertiary/aromatic N) is 2. The van der Waals surface area contributed by atoms with Crippen LogP contribution in [0.15, 0.2) is 64.8 Å². The van der Waals surface area contributed by atoms with Crippen molar-refractivity contribution >= 4 is 0 Å². The Labute approximate surface area is 220 Å². The fourth-order valence-corrected chi connectivity index (χ4v) is 4.89. The first-order chi connectivity index (χ1) is 17.3. The van der Waals surface area contributed by atoms with Crippen molar-refractivity contribution in [1.29, 1.82) is 0 Å². The van der Waals surface area contributed by atoms with Crippen molar-refractivity contribution in [1.82, 2.24) is 9.80 Å². The number of fused-ring (bicyclic) bond motifs is 1. The van der Waals surface area contributed by atoms with Gasteiger partial charge in [-0.3, -0.25) is 9.80 Å². The largest absolute Gasteiger partial charge is 0.454 e. The topological polar surface area (TPSA) is 24.9 Å². The van der Waals surface area contributed by atoms with Crippen molar-refractivity contribution in [3.05, 3.63) is 70.4 Å². The molecule has 0 bridgehead atoms. The Morgan fingerprint density at radius 3 is 2.11 bits per heavy atom. The van der Waals surface area contributed by atoms with Crippen molar-refractivity contribution in [3.63, 3.8) is 0 Å². The van der Waals surface area contributed by atoms with Crippen LogP contribution in [0.3, 0.4) is 0 Å². The molecule has 1 atom stereocenters. The molecule has 0 amide bonds. The molecule has 4 nitrogen and oxygen atoms in total. The summed E-state index contributed by atoms with van der Waals surface area (Å²) in [5.74, 6) is 1.74. The third-order valence-electron chi connectivity index (χ3n) is 7.09. The van der Waals surface area contributed by atoms with Crippen LogP contribution in [-0.4, -0.2) is 48.8 Å². The SMILES string of the molecule is CC(C)=CCC/C(C)=C/CC(/C=C(\C)CCC=C(C)C)N1CCN(Cc2ccc3c(c2)OCO3)CC1. The van der Waals surface area contributed by atoms with Gasteiger partial charge in [-0.25, -0.2) is 0 Å². The zero-order chi connectivity index (χ0) is 25.9. The molecule has 1 aromatic carbocycles. The first-order valence-corrected chi connectivity index (χ1v) is 13.7. The van der Waals surface area contributed by atoms with Crippen LogP contribution in [-0.2, 0) is 6.54 Å². The van der Waals surface area contributed by atoms with Gasteiger partial charge in [0.1, 0.15) is 0 Å². The second-order valence-electron chi connectivity index (χ2n) is 11.0. The second-order valence-corrected chi connectivity index (χ2v) is 11.0. The standard InChI is InChI=1S/C32H48N2O2/c1-25(2)9-7-11-27(5)13-15-30(21-28(6)12-8-10-26(3)4)34-19-17-33(18-20-34)23-29-14-16-31-32(22-29)36-24-35-31/h9-10,13-14,16,21-22,30H,7-8,11-12,15,17-20,23-24H2,1-6H3/b27-13+,28-21+. The lowest BCUT2D eigenvalue weighted by Crippen LogP contribution is -2.49. The Balaban J connectivity index is 1.59. The van der Waals surface area contributed by atoms with Gasteiger partial charge in [-0.1, -0.05) is 52.7 Å². The van der Waals surface area contributed by atoms with Gasteiger partial charge < -0.3 is 9.47 Å².